The summed E-state index contributed by atoms with van der Waals surface area (Å²) in [6.07, 6.45) is 2.34. The summed E-state index contributed by atoms with van der Waals surface area (Å²) in [7, 11) is -3.17. The van der Waals surface area contributed by atoms with E-state index in [2.05, 4.69) is 0 Å². The van der Waals surface area contributed by atoms with E-state index in [-0.39, 0.29) is 17.9 Å². The van der Waals surface area contributed by atoms with Gasteiger partial charge in [0.2, 0.25) is 15.9 Å². The number of hydrogen-bond donors (Lipinski definition) is 0. The Morgan fingerprint density at radius 3 is 2.48 bits per heavy atom. The molecule has 0 aliphatic carbocycles. The van der Waals surface area contributed by atoms with Crippen LogP contribution >= 0.6 is 0 Å². The van der Waals surface area contributed by atoms with Gasteiger partial charge in [0.05, 0.1) is 6.26 Å². The zero-order chi connectivity index (χ0) is 21.2. The van der Waals surface area contributed by atoms with Gasteiger partial charge >= 0.3 is 0 Å². The second-order valence-corrected chi connectivity index (χ2v) is 9.58. The number of sulfonamides is 1. The fourth-order valence-electron chi connectivity index (χ4n) is 3.86. The van der Waals surface area contributed by atoms with E-state index in [9.17, 15) is 18.0 Å². The fourth-order valence-corrected chi connectivity index (χ4v) is 4.74. The minimum atomic E-state index is -3.17. The Hall–Kier alpha value is -2.13. The number of nitrogens with zero attached hydrogens (tertiary/aromatic N) is 3. The van der Waals surface area contributed by atoms with Crippen molar-refractivity contribution < 1.29 is 22.7 Å². The quantitative estimate of drug-likeness (QED) is 0.710. The van der Waals surface area contributed by atoms with Crippen LogP contribution in [0.15, 0.2) is 24.3 Å². The zero-order valence-electron chi connectivity index (χ0n) is 17.2. The lowest BCUT2D eigenvalue weighted by molar-refractivity contribution is -0.139. The molecule has 0 aromatic heterocycles. The fraction of sp³-hybridized carbons (Fsp3) is 0.600. The predicted octanol–water partition coefficient (Wildman–Crippen LogP) is 1.18. The molecule has 2 fully saturated rings. The molecule has 0 saturated carbocycles. The van der Waals surface area contributed by atoms with Gasteiger partial charge in [-0.2, -0.15) is 0 Å². The molecule has 1 atom stereocenters. The lowest BCUT2D eigenvalue weighted by Gasteiger charge is -2.38. The van der Waals surface area contributed by atoms with Crippen LogP contribution in [0.4, 0.5) is 0 Å². The molecule has 3 rings (SSSR count). The molecular formula is C20H29N3O5S. The number of benzene rings is 1. The molecule has 2 heterocycles. The highest BCUT2D eigenvalue weighted by atomic mass is 32.2. The maximum atomic E-state index is 13.0. The second-order valence-electron chi connectivity index (χ2n) is 7.60. The maximum absolute atomic E-state index is 13.0. The van der Waals surface area contributed by atoms with Crippen LogP contribution in [0, 0.1) is 0 Å². The third kappa shape index (κ3) is 4.90. The average Bonchev–Trinajstić information content (AvgIpc) is 2.69. The summed E-state index contributed by atoms with van der Waals surface area (Å²) in [5.41, 5.74) is 0.487. The second kappa shape index (κ2) is 8.71. The number of piperazine rings is 1. The molecule has 1 aromatic rings. The van der Waals surface area contributed by atoms with Crippen LogP contribution in [0.1, 0.15) is 37.0 Å². The van der Waals surface area contributed by atoms with Gasteiger partial charge in [-0.25, -0.2) is 12.7 Å². The Balaban J connectivity index is 1.64. The van der Waals surface area contributed by atoms with Crippen LogP contribution < -0.4 is 4.74 Å². The monoisotopic (exact) mass is 423 g/mol. The summed E-state index contributed by atoms with van der Waals surface area (Å²) < 4.78 is 30.7. The smallest absolute Gasteiger partial charge is 0.254 e. The summed E-state index contributed by atoms with van der Waals surface area (Å²) in [6, 6.07) is 6.51. The van der Waals surface area contributed by atoms with Gasteiger partial charge < -0.3 is 14.5 Å². The molecule has 0 radical (unpaired) electrons. The third-order valence-corrected chi connectivity index (χ3v) is 6.95. The van der Waals surface area contributed by atoms with Crippen molar-refractivity contribution in [3.63, 3.8) is 0 Å². The molecule has 160 valence electrons. The van der Waals surface area contributed by atoms with E-state index < -0.39 is 16.1 Å². The standard InChI is InChI=1S/C20H29N3O5S/c1-4-21-12-13-23(15(2)19(21)24)20(25)16-6-5-7-18(14-16)28-17-8-10-22(11-9-17)29(3,26)27/h5-7,14-15,17H,4,8-13H2,1-3H3/t15-/m0/s1. The van der Waals surface area contributed by atoms with Crippen LogP contribution in [0.3, 0.4) is 0 Å². The molecule has 0 bridgehead atoms. The summed E-state index contributed by atoms with van der Waals surface area (Å²) in [6.45, 7) is 6.26. The molecule has 1 aromatic carbocycles. The summed E-state index contributed by atoms with van der Waals surface area (Å²) >= 11 is 0. The van der Waals surface area contributed by atoms with Gasteiger partial charge in [-0.1, -0.05) is 6.07 Å². The van der Waals surface area contributed by atoms with Crippen LogP contribution in [0.2, 0.25) is 0 Å². The van der Waals surface area contributed by atoms with Crippen molar-refractivity contribution in [3.8, 4) is 5.75 Å². The molecule has 0 spiro atoms. The SMILES string of the molecule is CCN1CCN(C(=O)c2cccc(OC3CCN(S(C)(=O)=O)CC3)c2)[C@@H](C)C1=O. The number of piperidine rings is 1. The summed E-state index contributed by atoms with van der Waals surface area (Å²) in [5, 5.41) is 0. The minimum absolute atomic E-state index is 0.0304. The first-order valence-corrected chi connectivity index (χ1v) is 11.9. The molecule has 8 nitrogen and oxygen atoms in total. The van der Waals surface area contributed by atoms with Crippen molar-refractivity contribution in [2.45, 2.75) is 38.8 Å². The molecule has 0 N–H and O–H groups in total. The van der Waals surface area contributed by atoms with Crippen molar-refractivity contribution in [1.29, 1.82) is 0 Å². The largest absolute Gasteiger partial charge is 0.490 e. The van der Waals surface area contributed by atoms with Gasteiger partial charge in [0.15, 0.2) is 0 Å². The van der Waals surface area contributed by atoms with E-state index in [1.807, 2.05) is 6.92 Å². The van der Waals surface area contributed by atoms with Gasteiger partial charge in [0, 0.05) is 38.3 Å². The van der Waals surface area contributed by atoms with Gasteiger partial charge in [-0.15, -0.1) is 0 Å². The first kappa shape index (κ1) is 21.6. The Morgan fingerprint density at radius 1 is 1.17 bits per heavy atom. The van der Waals surface area contributed by atoms with Crippen molar-refractivity contribution in [3.05, 3.63) is 29.8 Å². The highest BCUT2D eigenvalue weighted by Crippen LogP contribution is 2.23. The Bertz CT molecular complexity index is 865. The molecule has 2 amide bonds. The van der Waals surface area contributed by atoms with Crippen molar-refractivity contribution in [2.75, 3.05) is 39.0 Å². The number of carbonyl (C=O) groups is 2. The van der Waals surface area contributed by atoms with Crippen molar-refractivity contribution in [2.24, 2.45) is 0 Å². The van der Waals surface area contributed by atoms with Crippen LogP contribution in [0.5, 0.6) is 5.75 Å². The molecule has 2 saturated heterocycles. The lowest BCUT2D eigenvalue weighted by Crippen LogP contribution is -2.57. The van der Waals surface area contributed by atoms with E-state index in [1.165, 1.54) is 10.6 Å². The molecule has 9 heteroatoms. The van der Waals surface area contributed by atoms with E-state index in [0.717, 1.165) is 0 Å². The molecule has 2 aliphatic heterocycles. The normalized spacial score (nSPS) is 22.0. The summed E-state index contributed by atoms with van der Waals surface area (Å²) in [4.78, 5) is 28.7. The number of ether oxygens (including phenoxy) is 1. The molecule has 0 unspecified atom stereocenters. The number of hydrogen-bond acceptors (Lipinski definition) is 5. The average molecular weight is 424 g/mol. The van der Waals surface area contributed by atoms with Gasteiger partial charge in [-0.3, -0.25) is 9.59 Å². The highest BCUT2D eigenvalue weighted by Gasteiger charge is 2.34. The first-order chi connectivity index (χ1) is 13.7. The van der Waals surface area contributed by atoms with Gasteiger partial charge in [-0.05, 0) is 44.9 Å². The number of likely N-dealkylation sites (N-methyl/N-ethyl adjacent to an activating group) is 1. The number of rotatable bonds is 5. The van der Waals surface area contributed by atoms with Crippen molar-refractivity contribution >= 4 is 21.8 Å². The van der Waals surface area contributed by atoms with Crippen molar-refractivity contribution in [1.82, 2.24) is 14.1 Å². The lowest BCUT2D eigenvalue weighted by atomic mass is 10.1. The first-order valence-electron chi connectivity index (χ1n) is 10.0. The Kier molecular flexibility index (Phi) is 6.48. The van der Waals surface area contributed by atoms with Gasteiger partial charge in [0.1, 0.15) is 17.9 Å². The molecule has 29 heavy (non-hydrogen) atoms. The Morgan fingerprint density at radius 2 is 1.86 bits per heavy atom. The highest BCUT2D eigenvalue weighted by molar-refractivity contribution is 7.88. The number of carbonyl (C=O) groups excluding carboxylic acids is 2. The molecule has 2 aliphatic rings. The van der Waals surface area contributed by atoms with E-state index >= 15 is 0 Å². The van der Waals surface area contributed by atoms with Gasteiger partial charge in [0.25, 0.3) is 5.91 Å². The van der Waals surface area contributed by atoms with Crippen LogP contribution in [0.25, 0.3) is 0 Å². The topological polar surface area (TPSA) is 87.2 Å². The third-order valence-electron chi connectivity index (χ3n) is 5.64. The maximum Gasteiger partial charge on any atom is 0.254 e. The van der Waals surface area contributed by atoms with E-state index in [0.29, 0.717) is 56.9 Å². The van der Waals surface area contributed by atoms with E-state index in [1.54, 1.807) is 41.0 Å². The van der Waals surface area contributed by atoms with E-state index in [4.69, 9.17) is 4.74 Å². The number of amides is 2. The molecular weight excluding hydrogens is 394 g/mol. The summed E-state index contributed by atoms with van der Waals surface area (Å²) in [5.74, 6) is 0.371. The van der Waals surface area contributed by atoms with Crippen LogP contribution in [-0.4, -0.2) is 85.5 Å². The predicted molar refractivity (Wildman–Crippen MR) is 109 cm³/mol. The minimum Gasteiger partial charge on any atom is -0.490 e. The Labute approximate surface area is 172 Å². The van der Waals surface area contributed by atoms with Crippen LogP contribution in [-0.2, 0) is 14.8 Å². The zero-order valence-corrected chi connectivity index (χ0v) is 18.0.